The van der Waals surface area contributed by atoms with Gasteiger partial charge in [-0.25, -0.2) is 14.8 Å². The topological polar surface area (TPSA) is 114 Å². The first kappa shape index (κ1) is 21.0. The first-order valence-corrected chi connectivity index (χ1v) is 11.9. The predicted octanol–water partition coefficient (Wildman–Crippen LogP) is 3.49. The fourth-order valence-electron chi connectivity index (χ4n) is 5.17. The van der Waals surface area contributed by atoms with E-state index in [1.54, 1.807) is 0 Å². The molecule has 1 saturated carbocycles. The number of aromatic nitrogens is 4. The molecular formula is C25H29N7O2. The minimum absolute atomic E-state index is 0.0346. The SMILES string of the molecule is Cn1c(-c2cc3cccnc3n2CC2CC2)nc2cc(N[C@H]3C[C@@H](N)CN(C(=O)O)C3)ccc21. The Hall–Kier alpha value is -3.59. The molecule has 2 atom stereocenters. The number of nitrogens with zero attached hydrogens (tertiary/aromatic N) is 5. The summed E-state index contributed by atoms with van der Waals surface area (Å²) in [6.45, 7) is 1.76. The summed E-state index contributed by atoms with van der Waals surface area (Å²) in [6, 6.07) is 12.2. The van der Waals surface area contributed by atoms with E-state index < -0.39 is 6.09 Å². The van der Waals surface area contributed by atoms with Gasteiger partial charge >= 0.3 is 6.09 Å². The third-order valence-corrected chi connectivity index (χ3v) is 7.03. The Bertz CT molecular complexity index is 1390. The second-order valence-electron chi connectivity index (χ2n) is 9.72. The summed E-state index contributed by atoms with van der Waals surface area (Å²) in [5.41, 5.74) is 11.1. The molecule has 1 saturated heterocycles. The molecule has 0 spiro atoms. The lowest BCUT2D eigenvalue weighted by Gasteiger charge is -2.35. The summed E-state index contributed by atoms with van der Waals surface area (Å²) in [7, 11) is 2.05. The number of fused-ring (bicyclic) bond motifs is 2. The average molecular weight is 460 g/mol. The number of pyridine rings is 1. The van der Waals surface area contributed by atoms with Crippen LogP contribution in [-0.2, 0) is 13.6 Å². The number of carbonyl (C=O) groups is 1. The third-order valence-electron chi connectivity index (χ3n) is 7.03. The van der Waals surface area contributed by atoms with Gasteiger partial charge in [0.2, 0.25) is 0 Å². The highest BCUT2D eigenvalue weighted by Gasteiger charge is 2.28. The predicted molar refractivity (Wildman–Crippen MR) is 132 cm³/mol. The number of aryl methyl sites for hydroxylation is 1. The van der Waals surface area contributed by atoms with Crippen molar-refractivity contribution in [3.05, 3.63) is 42.6 Å². The Kier molecular flexibility index (Phi) is 4.95. The van der Waals surface area contributed by atoms with Crippen LogP contribution in [0.25, 0.3) is 33.6 Å². The molecule has 1 aromatic carbocycles. The van der Waals surface area contributed by atoms with Crippen molar-refractivity contribution in [2.45, 2.75) is 37.9 Å². The van der Waals surface area contributed by atoms with Gasteiger partial charge in [-0.05, 0) is 61.6 Å². The number of hydrogen-bond acceptors (Lipinski definition) is 5. The maximum Gasteiger partial charge on any atom is 0.407 e. The maximum absolute atomic E-state index is 11.4. The van der Waals surface area contributed by atoms with Crippen LogP contribution in [0.5, 0.6) is 0 Å². The summed E-state index contributed by atoms with van der Waals surface area (Å²) in [5.74, 6) is 1.64. The molecule has 1 aliphatic carbocycles. The molecule has 4 aromatic rings. The monoisotopic (exact) mass is 459 g/mol. The normalized spacial score (nSPS) is 20.8. The lowest BCUT2D eigenvalue weighted by Crippen LogP contribution is -2.53. The number of likely N-dealkylation sites (tertiary alicyclic amines) is 1. The second kappa shape index (κ2) is 8.02. The molecule has 9 heteroatoms. The fourth-order valence-corrected chi connectivity index (χ4v) is 5.17. The molecule has 2 aliphatic rings. The van der Waals surface area contributed by atoms with E-state index in [2.05, 4.69) is 44.7 Å². The first-order chi connectivity index (χ1) is 16.5. The number of hydrogen-bond donors (Lipinski definition) is 3. The smallest absolute Gasteiger partial charge is 0.407 e. The molecular weight excluding hydrogens is 430 g/mol. The lowest BCUT2D eigenvalue weighted by atomic mass is 10.0. The van der Waals surface area contributed by atoms with Crippen molar-refractivity contribution in [1.82, 2.24) is 24.0 Å². The molecule has 4 N–H and O–H groups in total. The van der Waals surface area contributed by atoms with E-state index >= 15 is 0 Å². The largest absolute Gasteiger partial charge is 0.465 e. The number of rotatable bonds is 5. The molecule has 9 nitrogen and oxygen atoms in total. The lowest BCUT2D eigenvalue weighted by molar-refractivity contribution is 0.127. The number of carboxylic acid groups (broad SMARTS) is 1. The number of nitrogens with two attached hydrogens (primary N) is 1. The molecule has 0 bridgehead atoms. The zero-order chi connectivity index (χ0) is 23.4. The van der Waals surface area contributed by atoms with Crippen LogP contribution in [0.2, 0.25) is 0 Å². The van der Waals surface area contributed by atoms with Gasteiger partial charge in [-0.3, -0.25) is 0 Å². The number of anilines is 1. The Labute approximate surface area is 197 Å². The van der Waals surface area contributed by atoms with Gasteiger partial charge in [0.25, 0.3) is 0 Å². The standard InChI is InChI=1S/C25H29N7O2/c1-30-21-7-6-18(28-19-10-17(26)13-31(14-19)25(33)34)11-20(21)29-24(30)22-9-16-3-2-8-27-23(16)32(22)12-15-4-5-15/h2-3,6-9,11,15,17,19,28H,4-5,10,12-14,26H2,1H3,(H,33,34)/t17-,19+/m1/s1. The van der Waals surface area contributed by atoms with Crippen molar-refractivity contribution >= 4 is 33.8 Å². The molecule has 2 fully saturated rings. The van der Waals surface area contributed by atoms with Crippen LogP contribution in [0, 0.1) is 5.92 Å². The molecule has 1 amide bonds. The highest BCUT2D eigenvalue weighted by Crippen LogP contribution is 2.36. The molecule has 4 heterocycles. The Morgan fingerprint density at radius 3 is 2.88 bits per heavy atom. The van der Waals surface area contributed by atoms with E-state index in [1.807, 2.05) is 24.4 Å². The van der Waals surface area contributed by atoms with Crippen LogP contribution in [0.3, 0.4) is 0 Å². The number of piperidine rings is 1. The van der Waals surface area contributed by atoms with E-state index in [0.717, 1.165) is 52.2 Å². The van der Waals surface area contributed by atoms with Gasteiger partial charge in [-0.1, -0.05) is 0 Å². The molecule has 34 heavy (non-hydrogen) atoms. The van der Waals surface area contributed by atoms with Crippen molar-refractivity contribution in [1.29, 1.82) is 0 Å². The van der Waals surface area contributed by atoms with Crippen molar-refractivity contribution in [2.75, 3.05) is 18.4 Å². The van der Waals surface area contributed by atoms with Gasteiger partial charge in [0.15, 0.2) is 5.82 Å². The molecule has 0 radical (unpaired) electrons. The van der Waals surface area contributed by atoms with Crippen LogP contribution in [0.1, 0.15) is 19.3 Å². The molecule has 3 aromatic heterocycles. The summed E-state index contributed by atoms with van der Waals surface area (Å²) in [6.07, 6.45) is 4.19. The van der Waals surface area contributed by atoms with Crippen LogP contribution in [0.4, 0.5) is 10.5 Å². The summed E-state index contributed by atoms with van der Waals surface area (Å²) in [5, 5.41) is 14.0. The summed E-state index contributed by atoms with van der Waals surface area (Å²) < 4.78 is 4.46. The Morgan fingerprint density at radius 2 is 2.09 bits per heavy atom. The number of amides is 1. The molecule has 1 aliphatic heterocycles. The first-order valence-electron chi connectivity index (χ1n) is 11.9. The van der Waals surface area contributed by atoms with Gasteiger partial charge in [0.05, 0.1) is 16.7 Å². The Morgan fingerprint density at radius 1 is 1.24 bits per heavy atom. The quantitative estimate of drug-likeness (QED) is 0.421. The number of benzene rings is 1. The van der Waals surface area contributed by atoms with Crippen LogP contribution >= 0.6 is 0 Å². The van der Waals surface area contributed by atoms with Gasteiger partial charge in [-0.2, -0.15) is 0 Å². The molecule has 6 rings (SSSR count). The highest BCUT2D eigenvalue weighted by molar-refractivity contribution is 5.87. The van der Waals surface area contributed by atoms with Crippen molar-refractivity contribution < 1.29 is 9.90 Å². The van der Waals surface area contributed by atoms with E-state index in [1.165, 1.54) is 17.7 Å². The average Bonchev–Trinajstić information content (AvgIpc) is 3.48. The minimum atomic E-state index is -0.928. The van der Waals surface area contributed by atoms with E-state index in [4.69, 9.17) is 10.7 Å². The second-order valence-corrected chi connectivity index (χ2v) is 9.72. The summed E-state index contributed by atoms with van der Waals surface area (Å²) in [4.78, 5) is 22.5. The van der Waals surface area contributed by atoms with Crippen molar-refractivity contribution in [3.8, 4) is 11.5 Å². The number of imidazole rings is 1. The minimum Gasteiger partial charge on any atom is -0.465 e. The van der Waals surface area contributed by atoms with Gasteiger partial charge in [-0.15, -0.1) is 0 Å². The van der Waals surface area contributed by atoms with Crippen LogP contribution < -0.4 is 11.1 Å². The van der Waals surface area contributed by atoms with Gasteiger partial charge < -0.3 is 30.2 Å². The molecule has 176 valence electrons. The highest BCUT2D eigenvalue weighted by atomic mass is 16.4. The zero-order valence-electron chi connectivity index (χ0n) is 19.2. The summed E-state index contributed by atoms with van der Waals surface area (Å²) >= 11 is 0. The fraction of sp³-hybridized carbons (Fsp3) is 0.400. The van der Waals surface area contributed by atoms with Gasteiger partial charge in [0, 0.05) is 56.0 Å². The maximum atomic E-state index is 11.4. The number of nitrogens with one attached hydrogen (secondary N) is 1. The van der Waals surface area contributed by atoms with Crippen LogP contribution in [0.15, 0.2) is 42.6 Å². The third kappa shape index (κ3) is 3.75. The van der Waals surface area contributed by atoms with E-state index in [9.17, 15) is 9.90 Å². The van der Waals surface area contributed by atoms with E-state index in [0.29, 0.717) is 19.0 Å². The van der Waals surface area contributed by atoms with Crippen molar-refractivity contribution in [3.63, 3.8) is 0 Å². The molecule has 0 unspecified atom stereocenters. The van der Waals surface area contributed by atoms with Crippen molar-refractivity contribution in [2.24, 2.45) is 18.7 Å². The van der Waals surface area contributed by atoms with Crippen LogP contribution in [-0.4, -0.2) is 60.4 Å². The Balaban J connectivity index is 1.34. The van der Waals surface area contributed by atoms with E-state index in [-0.39, 0.29) is 12.1 Å². The zero-order valence-corrected chi connectivity index (χ0v) is 19.2. The van der Waals surface area contributed by atoms with Gasteiger partial charge in [0.1, 0.15) is 5.65 Å².